The molecule has 4 aromatic rings. The Morgan fingerprint density at radius 3 is 2.26 bits per heavy atom. The fourth-order valence-electron chi connectivity index (χ4n) is 5.14. The van der Waals surface area contributed by atoms with Gasteiger partial charge in [0, 0.05) is 28.3 Å². The Balaban J connectivity index is 1.71. The molecule has 1 aliphatic heterocycles. The number of rotatable bonds is 4. The van der Waals surface area contributed by atoms with Crippen molar-refractivity contribution in [2.45, 2.75) is 39.8 Å². The molecule has 0 saturated carbocycles. The number of thiocarbonyl (C=S) groups is 1. The van der Waals surface area contributed by atoms with Gasteiger partial charge in [-0.1, -0.05) is 35.9 Å². The highest BCUT2D eigenvalue weighted by molar-refractivity contribution is 7.80. The van der Waals surface area contributed by atoms with E-state index in [0.717, 1.165) is 11.4 Å². The highest BCUT2D eigenvalue weighted by Gasteiger charge is 2.42. The van der Waals surface area contributed by atoms with Crippen molar-refractivity contribution in [2.75, 3.05) is 4.90 Å². The smallest absolute Gasteiger partial charge is 0.174 e. The Kier molecular flexibility index (Phi) is 5.92. The molecule has 2 atom stereocenters. The van der Waals surface area contributed by atoms with Crippen LogP contribution in [-0.4, -0.2) is 14.7 Å². The van der Waals surface area contributed by atoms with E-state index in [4.69, 9.17) is 23.8 Å². The number of aromatic nitrogens is 2. The molecule has 172 valence electrons. The summed E-state index contributed by atoms with van der Waals surface area (Å²) >= 11 is 12.1. The summed E-state index contributed by atoms with van der Waals surface area (Å²) in [6.07, 6.45) is 1.84. The SMILES string of the molecule is Cc1cccc(C)c1-n1c(C)cc(C2C(c3ccccn3)NC(=S)N2c2ccc(Cl)cc2)c1C. The van der Waals surface area contributed by atoms with Crippen LogP contribution in [-0.2, 0) is 0 Å². The fourth-order valence-corrected chi connectivity index (χ4v) is 5.61. The molecule has 0 amide bonds. The zero-order valence-electron chi connectivity index (χ0n) is 19.7. The number of halogens is 1. The summed E-state index contributed by atoms with van der Waals surface area (Å²) in [4.78, 5) is 6.88. The molecule has 2 aromatic heterocycles. The largest absolute Gasteiger partial charge is 0.351 e. The molecule has 34 heavy (non-hydrogen) atoms. The van der Waals surface area contributed by atoms with E-state index in [1.807, 2.05) is 42.6 Å². The van der Waals surface area contributed by atoms with E-state index in [2.05, 4.69) is 77.8 Å². The van der Waals surface area contributed by atoms with Crippen LogP contribution < -0.4 is 10.2 Å². The summed E-state index contributed by atoms with van der Waals surface area (Å²) in [5.41, 5.74) is 9.33. The summed E-state index contributed by atoms with van der Waals surface area (Å²) in [6.45, 7) is 8.71. The van der Waals surface area contributed by atoms with Crippen molar-refractivity contribution in [1.82, 2.24) is 14.9 Å². The molecule has 1 saturated heterocycles. The van der Waals surface area contributed by atoms with Crippen molar-refractivity contribution in [3.05, 3.63) is 112 Å². The number of hydrogen-bond acceptors (Lipinski definition) is 2. The molecular weight excluding hydrogens is 460 g/mol. The van der Waals surface area contributed by atoms with Gasteiger partial charge in [-0.15, -0.1) is 0 Å². The van der Waals surface area contributed by atoms with Gasteiger partial charge in [0.25, 0.3) is 0 Å². The van der Waals surface area contributed by atoms with Crippen molar-refractivity contribution in [3.63, 3.8) is 0 Å². The molecule has 6 heteroatoms. The molecule has 0 radical (unpaired) electrons. The second kappa shape index (κ2) is 8.90. The van der Waals surface area contributed by atoms with Gasteiger partial charge in [0.2, 0.25) is 0 Å². The Morgan fingerprint density at radius 1 is 0.912 bits per heavy atom. The number of nitrogens with zero attached hydrogens (tertiary/aromatic N) is 3. The zero-order valence-corrected chi connectivity index (χ0v) is 21.3. The quantitative estimate of drug-likeness (QED) is 0.317. The van der Waals surface area contributed by atoms with Crippen LogP contribution in [0.2, 0.25) is 5.02 Å². The van der Waals surface area contributed by atoms with Crippen LogP contribution in [0.15, 0.2) is 72.9 Å². The van der Waals surface area contributed by atoms with Crippen LogP contribution in [0.5, 0.6) is 0 Å². The molecule has 1 aliphatic rings. The van der Waals surface area contributed by atoms with Crippen molar-refractivity contribution in [3.8, 4) is 5.69 Å². The predicted molar refractivity (Wildman–Crippen MR) is 144 cm³/mol. The molecule has 2 aromatic carbocycles. The molecule has 0 aliphatic carbocycles. The average Bonchev–Trinajstić information content (AvgIpc) is 3.31. The van der Waals surface area contributed by atoms with Gasteiger partial charge in [-0.3, -0.25) is 4.98 Å². The van der Waals surface area contributed by atoms with Crippen molar-refractivity contribution in [2.24, 2.45) is 0 Å². The van der Waals surface area contributed by atoms with Gasteiger partial charge in [0.1, 0.15) is 0 Å². The standard InChI is InChI=1S/C28H27ClN4S/c1-17-8-7-9-18(2)26(17)32-19(3)16-23(20(32)4)27-25(24-10-5-6-15-30-24)31-28(34)33(27)22-13-11-21(29)12-14-22/h5-16,25,27H,1-4H3,(H,31,34). The van der Waals surface area contributed by atoms with Crippen LogP contribution in [0.4, 0.5) is 5.69 Å². The summed E-state index contributed by atoms with van der Waals surface area (Å²) in [5.74, 6) is 0. The first-order valence-corrected chi connectivity index (χ1v) is 12.2. The van der Waals surface area contributed by atoms with Gasteiger partial charge in [-0.25, -0.2) is 0 Å². The minimum absolute atomic E-state index is 0.0622. The number of aryl methyl sites for hydroxylation is 3. The summed E-state index contributed by atoms with van der Waals surface area (Å²) in [6, 6.07) is 22.5. The average molecular weight is 487 g/mol. The van der Waals surface area contributed by atoms with Crippen molar-refractivity contribution >= 4 is 34.6 Å². The van der Waals surface area contributed by atoms with Gasteiger partial charge in [-0.2, -0.15) is 0 Å². The summed E-state index contributed by atoms with van der Waals surface area (Å²) in [7, 11) is 0. The first kappa shape index (κ1) is 22.6. The van der Waals surface area contributed by atoms with Crippen LogP contribution in [0.1, 0.15) is 45.9 Å². The molecule has 3 heterocycles. The van der Waals surface area contributed by atoms with Gasteiger partial charge in [-0.05, 0) is 99.1 Å². The van der Waals surface area contributed by atoms with E-state index in [9.17, 15) is 0 Å². The molecule has 0 spiro atoms. The lowest BCUT2D eigenvalue weighted by molar-refractivity contribution is 0.565. The molecular formula is C28H27ClN4S. The van der Waals surface area contributed by atoms with E-state index < -0.39 is 0 Å². The van der Waals surface area contributed by atoms with Gasteiger partial charge in [0.15, 0.2) is 5.11 Å². The summed E-state index contributed by atoms with van der Waals surface area (Å²) in [5, 5.41) is 4.94. The third kappa shape index (κ3) is 3.79. The highest BCUT2D eigenvalue weighted by Crippen LogP contribution is 2.44. The van der Waals surface area contributed by atoms with Crippen LogP contribution in [0.25, 0.3) is 5.69 Å². The Morgan fingerprint density at radius 2 is 1.62 bits per heavy atom. The number of benzene rings is 2. The third-order valence-corrected chi connectivity index (χ3v) is 7.22. The molecule has 1 fully saturated rings. The monoisotopic (exact) mass is 486 g/mol. The fraction of sp³-hybridized carbons (Fsp3) is 0.214. The maximum absolute atomic E-state index is 6.20. The second-order valence-electron chi connectivity index (χ2n) is 8.88. The third-order valence-electron chi connectivity index (χ3n) is 6.65. The summed E-state index contributed by atoms with van der Waals surface area (Å²) < 4.78 is 2.37. The second-order valence-corrected chi connectivity index (χ2v) is 9.70. The molecule has 5 rings (SSSR count). The molecule has 2 unspecified atom stereocenters. The lowest BCUT2D eigenvalue weighted by Gasteiger charge is -2.28. The van der Waals surface area contributed by atoms with Gasteiger partial charge >= 0.3 is 0 Å². The first-order chi connectivity index (χ1) is 16.4. The van der Waals surface area contributed by atoms with E-state index in [0.29, 0.717) is 10.1 Å². The number of pyridine rings is 1. The lowest BCUT2D eigenvalue weighted by Crippen LogP contribution is -2.29. The Bertz CT molecular complexity index is 1340. The van der Waals surface area contributed by atoms with E-state index in [-0.39, 0.29) is 12.1 Å². The number of hydrogen-bond donors (Lipinski definition) is 1. The minimum Gasteiger partial charge on any atom is -0.351 e. The van der Waals surface area contributed by atoms with Crippen molar-refractivity contribution < 1.29 is 0 Å². The first-order valence-electron chi connectivity index (χ1n) is 11.4. The molecule has 1 N–H and O–H groups in total. The van der Waals surface area contributed by atoms with Crippen LogP contribution in [0.3, 0.4) is 0 Å². The maximum atomic E-state index is 6.20. The van der Waals surface area contributed by atoms with E-state index in [1.165, 1.54) is 33.8 Å². The highest BCUT2D eigenvalue weighted by atomic mass is 35.5. The lowest BCUT2D eigenvalue weighted by atomic mass is 9.96. The number of para-hydroxylation sites is 1. The Hall–Kier alpha value is -3.15. The van der Waals surface area contributed by atoms with Crippen molar-refractivity contribution in [1.29, 1.82) is 0 Å². The van der Waals surface area contributed by atoms with Gasteiger partial charge in [0.05, 0.1) is 23.5 Å². The molecule has 4 nitrogen and oxygen atoms in total. The van der Waals surface area contributed by atoms with Crippen LogP contribution >= 0.6 is 23.8 Å². The maximum Gasteiger partial charge on any atom is 0.174 e. The van der Waals surface area contributed by atoms with Gasteiger partial charge < -0.3 is 14.8 Å². The number of nitrogens with one attached hydrogen (secondary N) is 1. The van der Waals surface area contributed by atoms with E-state index in [1.54, 1.807) is 0 Å². The molecule has 0 bridgehead atoms. The zero-order chi connectivity index (χ0) is 24.0. The predicted octanol–water partition coefficient (Wildman–Crippen LogP) is 6.94. The van der Waals surface area contributed by atoms with Crippen LogP contribution in [0, 0.1) is 27.7 Å². The van der Waals surface area contributed by atoms with E-state index >= 15 is 0 Å². The number of anilines is 1. The Labute approximate surface area is 211 Å². The minimum atomic E-state index is -0.0868. The topological polar surface area (TPSA) is 33.1 Å². The normalized spacial score (nSPS) is 17.8.